The number of nitrogens with one attached hydrogen (secondary N) is 1. The number of ether oxygens (including phenoxy) is 1. The van der Waals surface area contributed by atoms with Gasteiger partial charge in [0.05, 0.1) is 12.8 Å². The van der Waals surface area contributed by atoms with Gasteiger partial charge in [0.2, 0.25) is 5.91 Å². The van der Waals surface area contributed by atoms with Crippen molar-refractivity contribution in [2.24, 2.45) is 0 Å². The minimum atomic E-state index is -0.267. The molecule has 24 heavy (non-hydrogen) atoms. The Morgan fingerprint density at radius 3 is 2.75 bits per heavy atom. The molecule has 0 aliphatic carbocycles. The molecule has 3 rings (SSSR count). The molecule has 1 aromatic heterocycles. The van der Waals surface area contributed by atoms with Crippen LogP contribution in [0.3, 0.4) is 0 Å². The molecule has 0 saturated heterocycles. The normalized spacial score (nSPS) is 10.6. The van der Waals surface area contributed by atoms with E-state index >= 15 is 0 Å². The van der Waals surface area contributed by atoms with E-state index < -0.39 is 0 Å². The van der Waals surface area contributed by atoms with Crippen molar-refractivity contribution in [3.8, 4) is 5.75 Å². The van der Waals surface area contributed by atoms with E-state index in [1.54, 1.807) is 43.6 Å². The third-order valence-electron chi connectivity index (χ3n) is 3.65. The lowest BCUT2D eigenvalue weighted by atomic mass is 10.1. The first-order chi connectivity index (χ1) is 11.6. The Balaban J connectivity index is 1.85. The molecular formula is C18H15BrN2O3. The topological polar surface area (TPSA) is 60.3 Å². The third kappa shape index (κ3) is 3.33. The first-order valence-corrected chi connectivity index (χ1v) is 8.09. The number of hydrogen-bond donors (Lipinski definition) is 1. The van der Waals surface area contributed by atoms with Gasteiger partial charge in [-0.15, -0.1) is 0 Å². The number of pyridine rings is 1. The maximum Gasteiger partial charge on any atom is 0.258 e. The monoisotopic (exact) mass is 386 g/mol. The van der Waals surface area contributed by atoms with Gasteiger partial charge in [0.1, 0.15) is 12.3 Å². The van der Waals surface area contributed by atoms with Gasteiger partial charge in [0.15, 0.2) is 0 Å². The molecule has 122 valence electrons. The molecule has 0 radical (unpaired) electrons. The number of benzene rings is 2. The second kappa shape index (κ2) is 6.88. The summed E-state index contributed by atoms with van der Waals surface area (Å²) in [6.45, 7) is -0.0534. The van der Waals surface area contributed by atoms with Crippen molar-refractivity contribution in [3.63, 3.8) is 0 Å². The fourth-order valence-electron chi connectivity index (χ4n) is 2.42. The van der Waals surface area contributed by atoms with Crippen LogP contribution in [-0.2, 0) is 11.3 Å². The average Bonchev–Trinajstić information content (AvgIpc) is 2.59. The highest BCUT2D eigenvalue weighted by Gasteiger charge is 2.09. The van der Waals surface area contributed by atoms with Gasteiger partial charge in [-0.2, -0.15) is 0 Å². The summed E-state index contributed by atoms with van der Waals surface area (Å²) in [5.74, 6) is 0.420. The van der Waals surface area contributed by atoms with Crippen LogP contribution in [0.15, 0.2) is 64.0 Å². The number of halogens is 1. The first kappa shape index (κ1) is 16.3. The fourth-order valence-corrected chi connectivity index (χ4v) is 2.81. The second-order valence-corrected chi connectivity index (χ2v) is 6.08. The number of rotatable bonds is 4. The van der Waals surface area contributed by atoms with E-state index in [-0.39, 0.29) is 18.0 Å². The minimum Gasteiger partial charge on any atom is -0.497 e. The van der Waals surface area contributed by atoms with Gasteiger partial charge >= 0.3 is 0 Å². The second-order valence-electron chi connectivity index (χ2n) is 5.23. The van der Waals surface area contributed by atoms with Crippen molar-refractivity contribution in [1.29, 1.82) is 0 Å². The molecule has 1 amide bonds. The number of aromatic nitrogens is 1. The Morgan fingerprint density at radius 1 is 1.21 bits per heavy atom. The van der Waals surface area contributed by atoms with Gasteiger partial charge in [-0.3, -0.25) is 9.59 Å². The summed E-state index contributed by atoms with van der Waals surface area (Å²) in [6.07, 6.45) is 1.61. The summed E-state index contributed by atoms with van der Waals surface area (Å²) < 4.78 is 7.34. The van der Waals surface area contributed by atoms with Crippen molar-refractivity contribution >= 4 is 38.3 Å². The zero-order chi connectivity index (χ0) is 17.1. The summed E-state index contributed by atoms with van der Waals surface area (Å²) in [5.41, 5.74) is 0.457. The molecule has 0 aliphatic heterocycles. The molecule has 2 aromatic carbocycles. The van der Waals surface area contributed by atoms with Crippen molar-refractivity contribution in [1.82, 2.24) is 4.57 Å². The lowest BCUT2D eigenvalue weighted by Crippen LogP contribution is -2.27. The lowest BCUT2D eigenvalue weighted by molar-refractivity contribution is -0.116. The molecule has 0 atom stereocenters. The molecule has 0 bridgehead atoms. The van der Waals surface area contributed by atoms with Gasteiger partial charge in [0.25, 0.3) is 5.56 Å². The SMILES string of the molecule is COc1ccc2c(=O)n(CC(=O)Nc3ccccc3Br)ccc2c1. The Kier molecular flexibility index (Phi) is 4.66. The van der Waals surface area contributed by atoms with E-state index in [9.17, 15) is 9.59 Å². The predicted octanol–water partition coefficient (Wildman–Crippen LogP) is 3.41. The highest BCUT2D eigenvalue weighted by atomic mass is 79.9. The minimum absolute atomic E-state index is 0.0534. The lowest BCUT2D eigenvalue weighted by Gasteiger charge is -2.10. The van der Waals surface area contributed by atoms with E-state index in [2.05, 4.69) is 21.2 Å². The number of para-hydroxylation sites is 1. The number of methoxy groups -OCH3 is 1. The molecule has 3 aromatic rings. The molecule has 6 heteroatoms. The first-order valence-electron chi connectivity index (χ1n) is 7.30. The van der Waals surface area contributed by atoms with Crippen LogP contribution < -0.4 is 15.6 Å². The van der Waals surface area contributed by atoms with Crippen LogP contribution in [-0.4, -0.2) is 17.6 Å². The molecule has 0 spiro atoms. The van der Waals surface area contributed by atoms with Gasteiger partial charge in [-0.25, -0.2) is 0 Å². The number of carbonyl (C=O) groups excluding carboxylic acids is 1. The molecule has 0 aliphatic rings. The Bertz CT molecular complexity index is 966. The highest BCUT2D eigenvalue weighted by Crippen LogP contribution is 2.21. The van der Waals surface area contributed by atoms with Gasteiger partial charge in [-0.05, 0) is 57.7 Å². The van der Waals surface area contributed by atoms with Crippen LogP contribution >= 0.6 is 15.9 Å². The van der Waals surface area contributed by atoms with E-state index in [1.165, 1.54) is 4.57 Å². The van der Waals surface area contributed by atoms with Crippen LogP contribution in [0.1, 0.15) is 0 Å². The van der Waals surface area contributed by atoms with Crippen molar-refractivity contribution in [2.75, 3.05) is 12.4 Å². The number of amides is 1. The smallest absolute Gasteiger partial charge is 0.258 e. The van der Waals surface area contributed by atoms with Crippen LogP contribution in [0.2, 0.25) is 0 Å². The number of nitrogens with zero attached hydrogens (tertiary/aromatic N) is 1. The number of anilines is 1. The standard InChI is InChI=1S/C18H15BrN2O3/c1-24-13-6-7-14-12(10-13)8-9-21(18(14)23)11-17(22)20-16-5-3-2-4-15(16)19/h2-10H,11H2,1H3,(H,20,22). The maximum atomic E-state index is 12.5. The number of carbonyl (C=O) groups is 1. The maximum absolute atomic E-state index is 12.5. The van der Waals surface area contributed by atoms with Gasteiger partial charge in [-0.1, -0.05) is 12.1 Å². The summed E-state index contributed by atoms with van der Waals surface area (Å²) in [7, 11) is 1.58. The fraction of sp³-hybridized carbons (Fsp3) is 0.111. The van der Waals surface area contributed by atoms with Crippen LogP contribution in [0.5, 0.6) is 5.75 Å². The van der Waals surface area contributed by atoms with E-state index in [0.29, 0.717) is 16.8 Å². The third-order valence-corrected chi connectivity index (χ3v) is 4.34. The van der Waals surface area contributed by atoms with E-state index in [1.807, 2.05) is 18.2 Å². The zero-order valence-corrected chi connectivity index (χ0v) is 14.5. The molecular weight excluding hydrogens is 372 g/mol. The van der Waals surface area contributed by atoms with Gasteiger partial charge < -0.3 is 14.6 Å². The van der Waals surface area contributed by atoms with Crippen molar-refractivity contribution in [2.45, 2.75) is 6.54 Å². The number of fused-ring (bicyclic) bond motifs is 1. The van der Waals surface area contributed by atoms with Crippen molar-refractivity contribution in [3.05, 3.63) is 69.6 Å². The Hall–Kier alpha value is -2.60. The largest absolute Gasteiger partial charge is 0.497 e. The summed E-state index contributed by atoms with van der Waals surface area (Å²) in [4.78, 5) is 24.7. The molecule has 1 heterocycles. The molecule has 5 nitrogen and oxygen atoms in total. The Labute approximate surface area is 147 Å². The molecule has 0 fully saturated rings. The average molecular weight is 387 g/mol. The zero-order valence-electron chi connectivity index (χ0n) is 13.0. The molecule has 0 saturated carbocycles. The predicted molar refractivity (Wildman–Crippen MR) is 97.5 cm³/mol. The Morgan fingerprint density at radius 2 is 2.00 bits per heavy atom. The van der Waals surface area contributed by atoms with Gasteiger partial charge in [0, 0.05) is 16.1 Å². The van der Waals surface area contributed by atoms with E-state index in [4.69, 9.17) is 4.74 Å². The summed E-state index contributed by atoms with van der Waals surface area (Å²) in [6, 6.07) is 14.3. The number of hydrogen-bond acceptors (Lipinski definition) is 3. The van der Waals surface area contributed by atoms with Crippen LogP contribution in [0.4, 0.5) is 5.69 Å². The highest BCUT2D eigenvalue weighted by molar-refractivity contribution is 9.10. The summed E-state index contributed by atoms with van der Waals surface area (Å²) >= 11 is 3.38. The van der Waals surface area contributed by atoms with Crippen LogP contribution in [0.25, 0.3) is 10.8 Å². The van der Waals surface area contributed by atoms with E-state index in [0.717, 1.165) is 9.86 Å². The van der Waals surface area contributed by atoms with Crippen molar-refractivity contribution < 1.29 is 9.53 Å². The quantitative estimate of drug-likeness (QED) is 0.747. The summed E-state index contributed by atoms with van der Waals surface area (Å²) in [5, 5.41) is 4.11. The molecule has 1 N–H and O–H groups in total. The molecule has 0 unspecified atom stereocenters. The van der Waals surface area contributed by atoms with Crippen LogP contribution in [0, 0.1) is 0 Å².